The molecule has 1 saturated heterocycles. The van der Waals surface area contributed by atoms with Crippen LogP contribution in [0.2, 0.25) is 0 Å². The molecule has 0 bridgehead atoms. The molecular formula is C16H21N3O5. The number of benzene rings is 1. The molecule has 1 unspecified atom stereocenters. The number of fused-ring (bicyclic) bond motifs is 3. The summed E-state index contributed by atoms with van der Waals surface area (Å²) < 4.78 is 11.1. The van der Waals surface area contributed by atoms with Gasteiger partial charge in [0.1, 0.15) is 18.0 Å². The first-order valence-electron chi connectivity index (χ1n) is 7.90. The van der Waals surface area contributed by atoms with Crippen molar-refractivity contribution < 1.29 is 19.2 Å². The summed E-state index contributed by atoms with van der Waals surface area (Å²) in [5, 5.41) is 10.9. The first kappa shape index (κ1) is 16.4. The highest BCUT2D eigenvalue weighted by Gasteiger charge is 2.36. The normalized spacial score (nSPS) is 19.9. The molecule has 8 nitrogen and oxygen atoms in total. The van der Waals surface area contributed by atoms with Gasteiger partial charge in [-0.25, -0.2) is 4.79 Å². The number of nitrogens with zero attached hydrogens (tertiary/aromatic N) is 3. The number of non-ortho nitro benzene ring substituents is 1. The Bertz CT molecular complexity index is 670. The molecule has 8 heteroatoms. The summed E-state index contributed by atoms with van der Waals surface area (Å²) in [6, 6.07) is 4.65. The standard InChI is InChI=1S/C16H21N3O5/c1-16(2,3)24-15(20)17-6-7-18-12(9-17)10-23-14-8-11(19(21)22)4-5-13(14)18/h4-5,8,12H,6-7,9-10H2,1-3H3. The monoisotopic (exact) mass is 335 g/mol. The zero-order valence-electron chi connectivity index (χ0n) is 14.0. The quantitative estimate of drug-likeness (QED) is 0.579. The van der Waals surface area contributed by atoms with E-state index in [-0.39, 0.29) is 17.8 Å². The molecule has 0 aromatic heterocycles. The molecule has 1 aromatic rings. The number of hydrogen-bond donors (Lipinski definition) is 0. The third-order valence-electron chi connectivity index (χ3n) is 4.03. The summed E-state index contributed by atoms with van der Waals surface area (Å²) in [6.07, 6.45) is -0.323. The van der Waals surface area contributed by atoms with E-state index in [0.29, 0.717) is 32.0 Å². The van der Waals surface area contributed by atoms with Crippen LogP contribution in [0.25, 0.3) is 0 Å². The van der Waals surface area contributed by atoms with Crippen molar-refractivity contribution in [3.05, 3.63) is 28.3 Å². The second-order valence-electron chi connectivity index (χ2n) is 6.99. The van der Waals surface area contributed by atoms with Crippen LogP contribution in [-0.4, -0.2) is 53.8 Å². The predicted molar refractivity (Wildman–Crippen MR) is 87.5 cm³/mol. The van der Waals surface area contributed by atoms with Crippen LogP contribution in [0.15, 0.2) is 18.2 Å². The lowest BCUT2D eigenvalue weighted by atomic mass is 10.1. The maximum absolute atomic E-state index is 12.2. The van der Waals surface area contributed by atoms with E-state index in [2.05, 4.69) is 4.90 Å². The van der Waals surface area contributed by atoms with Crippen molar-refractivity contribution >= 4 is 17.5 Å². The van der Waals surface area contributed by atoms with E-state index >= 15 is 0 Å². The van der Waals surface area contributed by atoms with Crippen LogP contribution in [0.3, 0.4) is 0 Å². The van der Waals surface area contributed by atoms with Crippen LogP contribution in [0.5, 0.6) is 5.75 Å². The minimum absolute atomic E-state index is 0.0135. The maximum atomic E-state index is 12.2. The minimum Gasteiger partial charge on any atom is -0.489 e. The zero-order chi connectivity index (χ0) is 17.5. The van der Waals surface area contributed by atoms with E-state index < -0.39 is 10.5 Å². The lowest BCUT2D eigenvalue weighted by molar-refractivity contribution is -0.384. The van der Waals surface area contributed by atoms with Gasteiger partial charge in [-0.3, -0.25) is 10.1 Å². The fourth-order valence-corrected chi connectivity index (χ4v) is 2.96. The summed E-state index contributed by atoms with van der Waals surface area (Å²) in [7, 11) is 0. The molecule has 2 aliphatic rings. The summed E-state index contributed by atoms with van der Waals surface area (Å²) in [5.41, 5.74) is 0.322. The highest BCUT2D eigenvalue weighted by molar-refractivity contribution is 5.70. The molecule has 24 heavy (non-hydrogen) atoms. The molecule has 3 rings (SSSR count). The van der Waals surface area contributed by atoms with E-state index in [1.807, 2.05) is 20.8 Å². The number of carbonyl (C=O) groups is 1. The summed E-state index contributed by atoms with van der Waals surface area (Å²) in [6.45, 7) is 7.59. The van der Waals surface area contributed by atoms with Crippen molar-refractivity contribution in [2.24, 2.45) is 0 Å². The van der Waals surface area contributed by atoms with Gasteiger partial charge in [0.2, 0.25) is 0 Å². The number of nitro groups is 1. The van der Waals surface area contributed by atoms with Gasteiger partial charge in [-0.05, 0) is 26.8 Å². The average molecular weight is 335 g/mol. The highest BCUT2D eigenvalue weighted by atomic mass is 16.6. The molecule has 1 fully saturated rings. The molecule has 2 aliphatic heterocycles. The summed E-state index contributed by atoms with van der Waals surface area (Å²) in [5.74, 6) is 0.520. The molecule has 2 heterocycles. The predicted octanol–water partition coefficient (Wildman–Crippen LogP) is 2.41. The Kier molecular flexibility index (Phi) is 3.98. The molecule has 1 amide bonds. The fourth-order valence-electron chi connectivity index (χ4n) is 2.96. The first-order valence-corrected chi connectivity index (χ1v) is 7.90. The molecule has 0 spiro atoms. The van der Waals surface area contributed by atoms with Crippen molar-refractivity contribution in [3.8, 4) is 5.75 Å². The van der Waals surface area contributed by atoms with Gasteiger partial charge in [0.15, 0.2) is 0 Å². The Morgan fingerprint density at radius 1 is 1.38 bits per heavy atom. The number of nitro benzene ring substituents is 1. The van der Waals surface area contributed by atoms with Crippen molar-refractivity contribution in [1.29, 1.82) is 0 Å². The number of hydrogen-bond acceptors (Lipinski definition) is 6. The van der Waals surface area contributed by atoms with Gasteiger partial charge < -0.3 is 19.3 Å². The second kappa shape index (κ2) is 5.85. The molecule has 130 valence electrons. The molecule has 0 saturated carbocycles. The molecule has 1 aromatic carbocycles. The lowest BCUT2D eigenvalue weighted by Gasteiger charge is -2.45. The molecular weight excluding hydrogens is 314 g/mol. The third-order valence-corrected chi connectivity index (χ3v) is 4.03. The van der Waals surface area contributed by atoms with Crippen LogP contribution in [-0.2, 0) is 4.74 Å². The molecule has 0 aliphatic carbocycles. The number of carbonyl (C=O) groups excluding carboxylic acids is 1. The van der Waals surface area contributed by atoms with E-state index in [9.17, 15) is 14.9 Å². The molecule has 0 N–H and O–H groups in total. The van der Waals surface area contributed by atoms with Crippen molar-refractivity contribution in [1.82, 2.24) is 4.90 Å². The average Bonchev–Trinajstić information content (AvgIpc) is 2.51. The second-order valence-corrected chi connectivity index (χ2v) is 6.99. The maximum Gasteiger partial charge on any atom is 0.410 e. The number of ether oxygens (including phenoxy) is 2. The van der Waals surface area contributed by atoms with Gasteiger partial charge in [0.25, 0.3) is 5.69 Å². The number of amides is 1. The van der Waals surface area contributed by atoms with Gasteiger partial charge in [-0.15, -0.1) is 0 Å². The van der Waals surface area contributed by atoms with Crippen LogP contribution in [0.1, 0.15) is 20.8 Å². The highest BCUT2D eigenvalue weighted by Crippen LogP contribution is 2.37. The van der Waals surface area contributed by atoms with Crippen molar-refractivity contribution in [2.75, 3.05) is 31.1 Å². The number of rotatable bonds is 1. The summed E-state index contributed by atoms with van der Waals surface area (Å²) in [4.78, 5) is 26.5. The van der Waals surface area contributed by atoms with Crippen LogP contribution in [0.4, 0.5) is 16.2 Å². The molecule has 1 atom stereocenters. The molecule has 0 radical (unpaired) electrons. The topological polar surface area (TPSA) is 85.2 Å². The van der Waals surface area contributed by atoms with Gasteiger partial charge >= 0.3 is 6.09 Å². The van der Waals surface area contributed by atoms with E-state index in [1.165, 1.54) is 12.1 Å². The van der Waals surface area contributed by atoms with Gasteiger partial charge in [-0.1, -0.05) is 0 Å². The smallest absolute Gasteiger partial charge is 0.410 e. The minimum atomic E-state index is -0.525. The van der Waals surface area contributed by atoms with Gasteiger partial charge in [0, 0.05) is 25.7 Å². The van der Waals surface area contributed by atoms with E-state index in [4.69, 9.17) is 9.47 Å². The number of anilines is 1. The Labute approximate surface area is 140 Å². The van der Waals surface area contributed by atoms with Crippen molar-refractivity contribution in [2.45, 2.75) is 32.4 Å². The number of piperazine rings is 1. The third kappa shape index (κ3) is 3.22. The van der Waals surface area contributed by atoms with E-state index in [0.717, 1.165) is 5.69 Å². The lowest BCUT2D eigenvalue weighted by Crippen LogP contribution is -2.59. The van der Waals surface area contributed by atoms with Crippen molar-refractivity contribution in [3.63, 3.8) is 0 Å². The van der Waals surface area contributed by atoms with E-state index in [1.54, 1.807) is 11.0 Å². The van der Waals surface area contributed by atoms with Gasteiger partial charge in [0.05, 0.1) is 22.7 Å². The van der Waals surface area contributed by atoms with Crippen LogP contribution in [0, 0.1) is 10.1 Å². The Morgan fingerprint density at radius 2 is 2.12 bits per heavy atom. The Hall–Kier alpha value is -2.51. The van der Waals surface area contributed by atoms with Gasteiger partial charge in [-0.2, -0.15) is 0 Å². The SMILES string of the molecule is CC(C)(C)OC(=O)N1CCN2c3ccc([N+](=O)[O-])cc3OCC2C1. The van der Waals surface area contributed by atoms with Crippen LogP contribution < -0.4 is 9.64 Å². The van der Waals surface area contributed by atoms with Crippen LogP contribution >= 0.6 is 0 Å². The summed E-state index contributed by atoms with van der Waals surface area (Å²) >= 11 is 0. The Morgan fingerprint density at radius 3 is 2.79 bits per heavy atom. The first-order chi connectivity index (χ1) is 11.2. The fraction of sp³-hybridized carbons (Fsp3) is 0.562. The Balaban J connectivity index is 1.73. The zero-order valence-corrected chi connectivity index (χ0v) is 14.0. The largest absolute Gasteiger partial charge is 0.489 e.